The summed E-state index contributed by atoms with van der Waals surface area (Å²) >= 11 is 0. The normalized spacial score (nSPS) is 11.6. The predicted octanol–water partition coefficient (Wildman–Crippen LogP) is 3.60. The fourth-order valence-corrected chi connectivity index (χ4v) is 2.16. The second-order valence-corrected chi connectivity index (χ2v) is 4.79. The van der Waals surface area contributed by atoms with Gasteiger partial charge in [-0.1, -0.05) is 0 Å². The van der Waals surface area contributed by atoms with Crippen LogP contribution in [0.5, 0.6) is 0 Å². The molecule has 0 N–H and O–H groups in total. The first kappa shape index (κ1) is 14.1. The Balaban J connectivity index is 2.11. The highest BCUT2D eigenvalue weighted by Gasteiger charge is 2.31. The lowest BCUT2D eigenvalue weighted by molar-refractivity contribution is -0.137. The molecule has 0 saturated heterocycles. The lowest BCUT2D eigenvalue weighted by Crippen LogP contribution is -2.05. The Labute approximate surface area is 123 Å². The third-order valence-corrected chi connectivity index (χ3v) is 3.26. The third kappa shape index (κ3) is 2.39. The number of nitrogens with zero attached hydrogens (tertiary/aromatic N) is 4. The number of hydrogen-bond donors (Lipinski definition) is 0. The van der Waals surface area contributed by atoms with E-state index in [1.165, 1.54) is 10.7 Å². The SMILES string of the molecule is Cc1cc(C#N)ccc1-c1nc2cc(C(F)(F)F)ccn2n1. The first-order chi connectivity index (χ1) is 10.4. The summed E-state index contributed by atoms with van der Waals surface area (Å²) in [5, 5.41) is 13.0. The zero-order valence-electron chi connectivity index (χ0n) is 11.4. The number of nitriles is 1. The van der Waals surface area contributed by atoms with Crippen molar-refractivity contribution in [1.29, 1.82) is 5.26 Å². The molecule has 0 aliphatic carbocycles. The number of halogens is 3. The van der Waals surface area contributed by atoms with Gasteiger partial charge in [-0.15, -0.1) is 5.10 Å². The van der Waals surface area contributed by atoms with Crippen LogP contribution in [0.1, 0.15) is 16.7 Å². The zero-order chi connectivity index (χ0) is 15.9. The average Bonchev–Trinajstić information content (AvgIpc) is 2.88. The van der Waals surface area contributed by atoms with Crippen molar-refractivity contribution in [2.24, 2.45) is 0 Å². The van der Waals surface area contributed by atoms with Gasteiger partial charge in [0.05, 0.1) is 17.2 Å². The molecule has 22 heavy (non-hydrogen) atoms. The first-order valence-corrected chi connectivity index (χ1v) is 6.33. The van der Waals surface area contributed by atoms with Crippen LogP contribution in [0.2, 0.25) is 0 Å². The molecule has 2 heterocycles. The van der Waals surface area contributed by atoms with Crippen LogP contribution >= 0.6 is 0 Å². The van der Waals surface area contributed by atoms with E-state index in [0.717, 1.165) is 17.7 Å². The van der Waals surface area contributed by atoms with Crippen molar-refractivity contribution in [1.82, 2.24) is 14.6 Å². The highest BCUT2D eigenvalue weighted by atomic mass is 19.4. The van der Waals surface area contributed by atoms with E-state index in [-0.39, 0.29) is 5.65 Å². The van der Waals surface area contributed by atoms with Gasteiger partial charge in [-0.05, 0) is 42.8 Å². The summed E-state index contributed by atoms with van der Waals surface area (Å²) in [6, 6.07) is 8.93. The molecule has 110 valence electrons. The number of rotatable bonds is 1. The maximum Gasteiger partial charge on any atom is 0.416 e. The van der Waals surface area contributed by atoms with Crippen LogP contribution < -0.4 is 0 Å². The van der Waals surface area contributed by atoms with Gasteiger partial charge >= 0.3 is 6.18 Å². The number of hydrogen-bond acceptors (Lipinski definition) is 3. The summed E-state index contributed by atoms with van der Waals surface area (Å²) in [5.41, 5.74) is 1.32. The smallest absolute Gasteiger partial charge is 0.220 e. The van der Waals surface area contributed by atoms with Gasteiger partial charge in [0.2, 0.25) is 0 Å². The third-order valence-electron chi connectivity index (χ3n) is 3.26. The molecule has 0 amide bonds. The van der Waals surface area contributed by atoms with Crippen LogP contribution in [0.4, 0.5) is 13.2 Å². The van der Waals surface area contributed by atoms with Crippen molar-refractivity contribution in [2.75, 3.05) is 0 Å². The topological polar surface area (TPSA) is 54.0 Å². The maximum atomic E-state index is 12.7. The molecular formula is C15H9F3N4. The van der Waals surface area contributed by atoms with Crippen LogP contribution in [0.15, 0.2) is 36.5 Å². The number of benzene rings is 1. The van der Waals surface area contributed by atoms with Gasteiger partial charge in [0, 0.05) is 11.8 Å². The van der Waals surface area contributed by atoms with Crippen LogP contribution in [0.3, 0.4) is 0 Å². The quantitative estimate of drug-likeness (QED) is 0.690. The number of alkyl halides is 3. The van der Waals surface area contributed by atoms with Gasteiger partial charge in [0.25, 0.3) is 0 Å². The minimum atomic E-state index is -4.42. The zero-order valence-corrected chi connectivity index (χ0v) is 11.4. The maximum absolute atomic E-state index is 12.7. The Morgan fingerprint density at radius 1 is 1.18 bits per heavy atom. The van der Waals surface area contributed by atoms with E-state index in [0.29, 0.717) is 17.0 Å². The molecule has 7 heteroatoms. The molecule has 0 aliphatic heterocycles. The van der Waals surface area contributed by atoms with Crippen molar-refractivity contribution < 1.29 is 13.2 Å². The monoisotopic (exact) mass is 302 g/mol. The number of fused-ring (bicyclic) bond motifs is 1. The number of aryl methyl sites for hydroxylation is 1. The molecule has 0 bridgehead atoms. The lowest BCUT2D eigenvalue weighted by atomic mass is 10.1. The molecule has 0 atom stereocenters. The first-order valence-electron chi connectivity index (χ1n) is 6.33. The minimum absolute atomic E-state index is 0.119. The van der Waals surface area contributed by atoms with E-state index in [1.54, 1.807) is 25.1 Å². The molecule has 1 aromatic carbocycles. The predicted molar refractivity (Wildman–Crippen MR) is 72.9 cm³/mol. The molecule has 3 aromatic rings. The number of aromatic nitrogens is 3. The van der Waals surface area contributed by atoms with Gasteiger partial charge in [-0.25, -0.2) is 9.50 Å². The Morgan fingerprint density at radius 3 is 2.59 bits per heavy atom. The Hall–Kier alpha value is -2.88. The van der Waals surface area contributed by atoms with Crippen molar-refractivity contribution in [3.8, 4) is 17.5 Å². The molecule has 0 fully saturated rings. The van der Waals surface area contributed by atoms with Crippen LogP contribution in [0.25, 0.3) is 17.0 Å². The van der Waals surface area contributed by atoms with Gasteiger partial charge in [-0.3, -0.25) is 0 Å². The Bertz CT molecular complexity index is 903. The van der Waals surface area contributed by atoms with E-state index in [2.05, 4.69) is 10.1 Å². The van der Waals surface area contributed by atoms with Crippen LogP contribution in [-0.2, 0) is 6.18 Å². The molecule has 0 spiro atoms. The van der Waals surface area contributed by atoms with Gasteiger partial charge in [0.15, 0.2) is 11.5 Å². The largest absolute Gasteiger partial charge is 0.416 e. The summed E-state index contributed by atoms with van der Waals surface area (Å²) in [6.45, 7) is 1.79. The standard InChI is InChI=1S/C15H9F3N4/c1-9-6-10(8-19)2-3-12(9)14-20-13-7-11(15(16,17)18)4-5-22(13)21-14/h2-7H,1H3. The Kier molecular flexibility index (Phi) is 3.10. The highest BCUT2D eigenvalue weighted by Crippen LogP contribution is 2.30. The lowest BCUT2D eigenvalue weighted by Gasteiger charge is -2.05. The fourth-order valence-electron chi connectivity index (χ4n) is 2.16. The molecule has 3 rings (SSSR count). The second-order valence-electron chi connectivity index (χ2n) is 4.79. The van der Waals surface area contributed by atoms with Crippen molar-refractivity contribution in [3.05, 3.63) is 53.2 Å². The summed E-state index contributed by atoms with van der Waals surface area (Å²) in [5.74, 6) is 0.321. The van der Waals surface area contributed by atoms with Crippen molar-refractivity contribution >= 4 is 5.65 Å². The van der Waals surface area contributed by atoms with Gasteiger partial charge in [-0.2, -0.15) is 18.4 Å². The van der Waals surface area contributed by atoms with E-state index >= 15 is 0 Å². The molecule has 4 nitrogen and oxygen atoms in total. The van der Waals surface area contributed by atoms with Gasteiger partial charge in [0.1, 0.15) is 0 Å². The molecule has 0 aliphatic rings. The summed E-state index contributed by atoms with van der Waals surface area (Å²) in [4.78, 5) is 4.14. The molecule has 0 saturated carbocycles. The summed E-state index contributed by atoms with van der Waals surface area (Å²) in [6.07, 6.45) is -3.19. The molecular weight excluding hydrogens is 293 g/mol. The molecule has 0 unspecified atom stereocenters. The average molecular weight is 302 g/mol. The number of pyridine rings is 1. The fraction of sp³-hybridized carbons (Fsp3) is 0.133. The van der Waals surface area contributed by atoms with E-state index in [4.69, 9.17) is 5.26 Å². The van der Waals surface area contributed by atoms with E-state index in [9.17, 15) is 13.2 Å². The van der Waals surface area contributed by atoms with Crippen molar-refractivity contribution in [3.63, 3.8) is 0 Å². The van der Waals surface area contributed by atoms with Crippen LogP contribution in [-0.4, -0.2) is 14.6 Å². The highest BCUT2D eigenvalue weighted by molar-refractivity contribution is 5.63. The van der Waals surface area contributed by atoms with Crippen molar-refractivity contribution in [2.45, 2.75) is 13.1 Å². The van der Waals surface area contributed by atoms with Crippen LogP contribution in [0, 0.1) is 18.3 Å². The van der Waals surface area contributed by atoms with E-state index < -0.39 is 11.7 Å². The van der Waals surface area contributed by atoms with E-state index in [1.807, 2.05) is 6.07 Å². The summed E-state index contributed by atoms with van der Waals surface area (Å²) < 4.78 is 39.4. The van der Waals surface area contributed by atoms with Gasteiger partial charge < -0.3 is 0 Å². The Morgan fingerprint density at radius 2 is 1.95 bits per heavy atom. The minimum Gasteiger partial charge on any atom is -0.220 e. The molecule has 2 aromatic heterocycles. The summed E-state index contributed by atoms with van der Waals surface area (Å²) in [7, 11) is 0. The molecule has 0 radical (unpaired) electrons. The second kappa shape index (κ2) is 4.84.